The monoisotopic (exact) mass is 430 g/mol. The van der Waals surface area contributed by atoms with Gasteiger partial charge in [-0.1, -0.05) is 0 Å². The van der Waals surface area contributed by atoms with Crippen LogP contribution in [0.15, 0.2) is 4.99 Å². The van der Waals surface area contributed by atoms with Crippen molar-refractivity contribution in [2.75, 3.05) is 19.6 Å². The van der Waals surface area contributed by atoms with Crippen molar-refractivity contribution >= 4 is 29.7 Å². The second-order valence-electron chi connectivity index (χ2n) is 6.69. The van der Waals surface area contributed by atoms with Crippen LogP contribution >= 0.6 is 0 Å². The lowest BCUT2D eigenvalue weighted by Gasteiger charge is -2.22. The van der Waals surface area contributed by atoms with Crippen LogP contribution in [-0.4, -0.2) is 72.5 Å². The fourth-order valence-electron chi connectivity index (χ4n) is 2.45. The van der Waals surface area contributed by atoms with Crippen LogP contribution < -0.4 is 38.9 Å². The minimum atomic E-state index is -1.22. The number of amides is 3. The number of aliphatic imine (C=N–C) groups is 1. The van der Waals surface area contributed by atoms with E-state index in [9.17, 15) is 24.3 Å². The third-order valence-corrected chi connectivity index (χ3v) is 4.10. The Balaban J connectivity index is 4.81. The van der Waals surface area contributed by atoms with E-state index in [1.807, 2.05) is 0 Å². The molecule has 12 N–H and O–H groups in total. The summed E-state index contributed by atoms with van der Waals surface area (Å²) in [7, 11) is 0. The lowest BCUT2D eigenvalue weighted by Crippen LogP contribution is -2.55. The fourth-order valence-corrected chi connectivity index (χ4v) is 2.45. The van der Waals surface area contributed by atoms with Crippen molar-refractivity contribution in [2.24, 2.45) is 27.9 Å². The van der Waals surface area contributed by atoms with Gasteiger partial charge in [0.1, 0.15) is 18.1 Å². The Bertz CT molecular complexity index is 609. The lowest BCUT2D eigenvalue weighted by molar-refractivity contribution is -0.142. The Morgan fingerprint density at radius 3 is 2.07 bits per heavy atom. The van der Waals surface area contributed by atoms with Crippen LogP contribution in [0, 0.1) is 0 Å². The zero-order valence-corrected chi connectivity index (χ0v) is 17.2. The summed E-state index contributed by atoms with van der Waals surface area (Å²) in [4.78, 5) is 51.4. The lowest BCUT2D eigenvalue weighted by atomic mass is 10.1. The molecule has 172 valence electrons. The number of hydrogen-bond donors (Lipinski definition) is 8. The largest absolute Gasteiger partial charge is 0.480 e. The third-order valence-electron chi connectivity index (χ3n) is 4.10. The van der Waals surface area contributed by atoms with Gasteiger partial charge in [-0.2, -0.15) is 0 Å². The van der Waals surface area contributed by atoms with E-state index < -0.39 is 41.8 Å². The topological polar surface area (TPSA) is 241 Å². The maximum absolute atomic E-state index is 12.5. The Hall–Kier alpha value is -2.93. The second-order valence-corrected chi connectivity index (χ2v) is 6.69. The zero-order chi connectivity index (χ0) is 23.1. The van der Waals surface area contributed by atoms with E-state index in [-0.39, 0.29) is 25.5 Å². The van der Waals surface area contributed by atoms with E-state index in [2.05, 4.69) is 20.9 Å². The van der Waals surface area contributed by atoms with Crippen molar-refractivity contribution in [3.8, 4) is 0 Å². The number of carbonyl (C=O) groups excluding carboxylic acids is 3. The van der Waals surface area contributed by atoms with Crippen LogP contribution in [0.3, 0.4) is 0 Å². The fraction of sp³-hybridized carbons (Fsp3) is 0.706. The summed E-state index contributed by atoms with van der Waals surface area (Å²) < 4.78 is 0. The van der Waals surface area contributed by atoms with Crippen LogP contribution in [0.25, 0.3) is 0 Å². The third kappa shape index (κ3) is 11.8. The van der Waals surface area contributed by atoms with Crippen LogP contribution in [0.1, 0.15) is 39.0 Å². The summed E-state index contributed by atoms with van der Waals surface area (Å²) in [5.74, 6) is -3.09. The van der Waals surface area contributed by atoms with Gasteiger partial charge in [0, 0.05) is 6.54 Å². The first-order chi connectivity index (χ1) is 14.1. The molecule has 0 bridgehead atoms. The smallest absolute Gasteiger partial charge is 0.326 e. The summed E-state index contributed by atoms with van der Waals surface area (Å²) in [5.41, 5.74) is 21.1. The van der Waals surface area contributed by atoms with Gasteiger partial charge in [-0.25, -0.2) is 4.79 Å². The minimum Gasteiger partial charge on any atom is -0.480 e. The number of rotatable bonds is 15. The summed E-state index contributed by atoms with van der Waals surface area (Å²) >= 11 is 0. The van der Waals surface area contributed by atoms with Crippen molar-refractivity contribution < 1.29 is 24.3 Å². The number of unbranched alkanes of at least 4 members (excludes halogenated alkanes) is 1. The van der Waals surface area contributed by atoms with E-state index >= 15 is 0 Å². The molecule has 13 heteroatoms. The number of guanidine groups is 1. The van der Waals surface area contributed by atoms with Gasteiger partial charge in [0.15, 0.2) is 5.96 Å². The second kappa shape index (κ2) is 15.0. The van der Waals surface area contributed by atoms with Crippen molar-refractivity contribution in [1.29, 1.82) is 0 Å². The molecular weight excluding hydrogens is 396 g/mol. The number of hydrogen-bond acceptors (Lipinski definition) is 7. The van der Waals surface area contributed by atoms with E-state index in [0.29, 0.717) is 32.2 Å². The summed E-state index contributed by atoms with van der Waals surface area (Å²) in [5, 5.41) is 16.6. The first-order valence-electron chi connectivity index (χ1n) is 9.70. The maximum Gasteiger partial charge on any atom is 0.326 e. The molecule has 0 saturated carbocycles. The Morgan fingerprint density at radius 2 is 1.53 bits per heavy atom. The quantitative estimate of drug-likeness (QED) is 0.0735. The van der Waals surface area contributed by atoms with Crippen LogP contribution in [-0.2, 0) is 19.2 Å². The van der Waals surface area contributed by atoms with Crippen molar-refractivity contribution in [2.45, 2.75) is 57.2 Å². The van der Waals surface area contributed by atoms with Crippen LogP contribution in [0.4, 0.5) is 0 Å². The molecule has 0 aromatic carbocycles. The van der Waals surface area contributed by atoms with Gasteiger partial charge in [0.25, 0.3) is 0 Å². The van der Waals surface area contributed by atoms with Gasteiger partial charge in [0.05, 0.1) is 6.54 Å². The number of nitrogens with zero attached hydrogens (tertiary/aromatic N) is 1. The molecule has 0 aliphatic rings. The molecule has 0 aromatic heterocycles. The molecule has 30 heavy (non-hydrogen) atoms. The highest BCUT2D eigenvalue weighted by atomic mass is 16.4. The van der Waals surface area contributed by atoms with Crippen LogP contribution in [0.5, 0.6) is 0 Å². The summed E-state index contributed by atoms with van der Waals surface area (Å²) in [6.07, 6.45) is 2.03. The Labute approximate surface area is 175 Å². The molecular formula is C17H34N8O5. The molecule has 3 amide bonds. The first kappa shape index (κ1) is 27.1. The molecule has 0 aliphatic carbocycles. The van der Waals surface area contributed by atoms with E-state index in [1.165, 1.54) is 6.92 Å². The maximum atomic E-state index is 12.5. The van der Waals surface area contributed by atoms with Gasteiger partial charge in [0.2, 0.25) is 17.7 Å². The van der Waals surface area contributed by atoms with Crippen molar-refractivity contribution in [3.05, 3.63) is 0 Å². The average molecular weight is 431 g/mol. The Morgan fingerprint density at radius 1 is 0.900 bits per heavy atom. The predicted octanol–water partition coefficient (Wildman–Crippen LogP) is -3.31. The standard InChI is InChI=1S/C17H34N8O5/c1-10(14(27)25-12(16(29)30)6-4-8-22-17(20)21)23-15(28)11(5-2-3-7-18)24-13(26)9-19/h10-12H,2-9,18-19H2,1H3,(H,23,28)(H,24,26)(H,25,27)(H,29,30)(H4,20,21,22). The molecule has 3 unspecified atom stereocenters. The zero-order valence-electron chi connectivity index (χ0n) is 17.2. The predicted molar refractivity (Wildman–Crippen MR) is 111 cm³/mol. The van der Waals surface area contributed by atoms with Gasteiger partial charge in [-0.05, 0) is 45.6 Å². The summed E-state index contributed by atoms with van der Waals surface area (Å²) in [6.45, 7) is 1.79. The SMILES string of the molecule is CC(NC(=O)C(CCCCN)NC(=O)CN)C(=O)NC(CCCN=C(N)N)C(=O)O. The normalized spacial score (nSPS) is 13.4. The number of nitrogens with two attached hydrogens (primary N) is 4. The minimum absolute atomic E-state index is 0.104. The first-order valence-corrected chi connectivity index (χ1v) is 9.70. The Kier molecular flexibility index (Phi) is 13.5. The number of carboxylic acid groups (broad SMARTS) is 1. The number of nitrogens with one attached hydrogen (secondary N) is 3. The molecule has 0 radical (unpaired) electrons. The summed E-state index contributed by atoms with van der Waals surface area (Å²) in [6, 6.07) is -3.06. The van der Waals surface area contributed by atoms with Gasteiger partial charge < -0.3 is 44.0 Å². The highest BCUT2D eigenvalue weighted by Gasteiger charge is 2.26. The van der Waals surface area contributed by atoms with Crippen molar-refractivity contribution in [3.63, 3.8) is 0 Å². The van der Waals surface area contributed by atoms with Gasteiger partial charge in [-0.3, -0.25) is 19.4 Å². The number of carboxylic acids is 1. The van der Waals surface area contributed by atoms with Crippen LogP contribution in [0.2, 0.25) is 0 Å². The highest BCUT2D eigenvalue weighted by Crippen LogP contribution is 2.03. The number of aliphatic carboxylic acids is 1. The molecule has 3 atom stereocenters. The van der Waals surface area contributed by atoms with E-state index in [4.69, 9.17) is 22.9 Å². The molecule has 0 spiro atoms. The number of carbonyl (C=O) groups is 4. The molecule has 0 rings (SSSR count). The van der Waals surface area contributed by atoms with E-state index in [0.717, 1.165) is 0 Å². The van der Waals surface area contributed by atoms with Crippen molar-refractivity contribution in [1.82, 2.24) is 16.0 Å². The molecule has 0 saturated heterocycles. The highest BCUT2D eigenvalue weighted by molar-refractivity contribution is 5.93. The van der Waals surface area contributed by atoms with E-state index in [1.54, 1.807) is 0 Å². The molecule has 0 aliphatic heterocycles. The molecule has 13 nitrogen and oxygen atoms in total. The molecule has 0 aromatic rings. The van der Waals surface area contributed by atoms with Gasteiger partial charge in [-0.15, -0.1) is 0 Å². The molecule has 0 heterocycles. The van der Waals surface area contributed by atoms with Gasteiger partial charge >= 0.3 is 5.97 Å². The molecule has 0 fully saturated rings. The average Bonchev–Trinajstić information content (AvgIpc) is 2.68.